The van der Waals surface area contributed by atoms with E-state index in [2.05, 4.69) is 25.9 Å². The number of amidine groups is 1. The van der Waals surface area contributed by atoms with Gasteiger partial charge < -0.3 is 20.7 Å². The van der Waals surface area contributed by atoms with Gasteiger partial charge in [0.2, 0.25) is 0 Å². The molecule has 1 amide bonds. The molecule has 8 nitrogen and oxygen atoms in total. The van der Waals surface area contributed by atoms with E-state index in [1.54, 1.807) is 11.1 Å². The second-order valence-electron chi connectivity index (χ2n) is 8.23. The molecule has 0 aliphatic carbocycles. The van der Waals surface area contributed by atoms with E-state index in [0.717, 1.165) is 11.2 Å². The molecule has 1 unspecified atom stereocenters. The van der Waals surface area contributed by atoms with Crippen molar-refractivity contribution in [2.24, 2.45) is 4.99 Å². The number of nitrogens with zero attached hydrogens (tertiary/aromatic N) is 3. The van der Waals surface area contributed by atoms with Crippen LogP contribution in [-0.4, -0.2) is 84.6 Å². The average Bonchev–Trinajstić information content (AvgIpc) is 3.30. The van der Waals surface area contributed by atoms with Crippen molar-refractivity contribution in [1.82, 2.24) is 15.2 Å². The lowest BCUT2D eigenvalue weighted by Gasteiger charge is -2.30. The molecule has 3 heterocycles. The Hall–Kier alpha value is -2.83. The summed E-state index contributed by atoms with van der Waals surface area (Å²) in [5, 5.41) is 9.18. The Morgan fingerprint density at radius 1 is 1.23 bits per heavy atom. The molecule has 12 heteroatoms. The highest BCUT2D eigenvalue weighted by Gasteiger charge is 2.33. The van der Waals surface area contributed by atoms with Gasteiger partial charge in [-0.25, -0.2) is 18.2 Å². The van der Waals surface area contributed by atoms with Crippen molar-refractivity contribution in [3.8, 4) is 0 Å². The number of nitrogens with one attached hydrogen (secondary N) is 3. The minimum atomic E-state index is -3.09. The molecule has 188 valence electrons. The van der Waals surface area contributed by atoms with Crippen LogP contribution in [0.15, 0.2) is 47.6 Å². The number of hydrogen-bond acceptors (Lipinski definition) is 8. The summed E-state index contributed by atoms with van der Waals surface area (Å²) < 4.78 is 48.1. The van der Waals surface area contributed by atoms with Gasteiger partial charge in [0.25, 0.3) is 11.8 Å². The molecule has 1 atom stereocenters. The molecule has 0 bridgehead atoms. The Balaban J connectivity index is 1.25. The number of alkyl halides is 2. The fourth-order valence-electron chi connectivity index (χ4n) is 3.62. The lowest BCUT2D eigenvalue weighted by Crippen LogP contribution is -2.48. The molecule has 1 fully saturated rings. The summed E-state index contributed by atoms with van der Waals surface area (Å²) in [6.07, 6.45) is 1.68. The van der Waals surface area contributed by atoms with Crippen LogP contribution in [0, 0.1) is 5.82 Å². The normalized spacial score (nSPS) is 18.7. The van der Waals surface area contributed by atoms with Crippen molar-refractivity contribution < 1.29 is 22.7 Å². The predicted molar refractivity (Wildman–Crippen MR) is 131 cm³/mol. The Morgan fingerprint density at radius 3 is 2.83 bits per heavy atom. The highest BCUT2D eigenvalue weighted by molar-refractivity contribution is 8.15. The monoisotopic (exact) mass is 508 g/mol. The Labute approximate surface area is 205 Å². The van der Waals surface area contributed by atoms with Gasteiger partial charge in [-0.05, 0) is 30.3 Å². The highest BCUT2D eigenvalue weighted by Crippen LogP contribution is 2.24. The van der Waals surface area contributed by atoms with Crippen LogP contribution < -0.4 is 16.0 Å². The topological polar surface area (TPSA) is 90.9 Å². The van der Waals surface area contributed by atoms with Crippen molar-refractivity contribution in [3.63, 3.8) is 0 Å². The van der Waals surface area contributed by atoms with Crippen molar-refractivity contribution in [2.75, 3.05) is 63.1 Å². The number of morpholine rings is 1. The molecule has 0 saturated carbocycles. The molecule has 3 N–H and O–H groups in total. The number of carbonyl (C=O) groups is 1. The molecule has 0 spiro atoms. The van der Waals surface area contributed by atoms with Crippen LogP contribution in [0.1, 0.15) is 10.4 Å². The molecule has 2 aliphatic rings. The molecule has 1 aromatic heterocycles. The van der Waals surface area contributed by atoms with Crippen LogP contribution >= 0.6 is 11.8 Å². The summed E-state index contributed by atoms with van der Waals surface area (Å²) in [5.74, 6) is -3.62. The van der Waals surface area contributed by atoms with Gasteiger partial charge in [0, 0.05) is 36.6 Å². The summed E-state index contributed by atoms with van der Waals surface area (Å²) in [6.45, 7) is 1.39. The van der Waals surface area contributed by atoms with E-state index in [4.69, 9.17) is 4.74 Å². The first kappa shape index (κ1) is 25.3. The minimum Gasteiger partial charge on any atom is -0.381 e. The molecule has 2 aliphatic heterocycles. The zero-order valence-electron chi connectivity index (χ0n) is 19.0. The number of hydrogen-bond donors (Lipinski definition) is 3. The summed E-state index contributed by atoms with van der Waals surface area (Å²) in [5.41, 5.74) is 0.230. The second-order valence-corrected chi connectivity index (χ2v) is 9.52. The summed E-state index contributed by atoms with van der Waals surface area (Å²) in [6, 6.07) is 9.28. The molecule has 0 radical (unpaired) electrons. The van der Waals surface area contributed by atoms with E-state index in [0.29, 0.717) is 45.2 Å². The average molecular weight is 509 g/mol. The lowest BCUT2D eigenvalue weighted by atomic mass is 10.1. The minimum absolute atomic E-state index is 0.0528. The number of halogens is 3. The molecule has 2 aromatic rings. The number of aromatic nitrogens is 1. The fraction of sp³-hybridized carbons (Fsp3) is 0.435. The zero-order chi connectivity index (χ0) is 24.7. The number of thioether (sulfide) groups is 1. The molecular weight excluding hydrogens is 481 g/mol. The van der Waals surface area contributed by atoms with E-state index in [9.17, 15) is 18.0 Å². The number of rotatable bonds is 9. The molecular formula is C23H27F3N6O2S. The third-order valence-corrected chi connectivity index (χ3v) is 6.54. The summed E-state index contributed by atoms with van der Waals surface area (Å²) in [7, 11) is 0. The smallest absolute Gasteiger partial charge is 0.277 e. The number of anilines is 2. The zero-order valence-corrected chi connectivity index (χ0v) is 19.8. The van der Waals surface area contributed by atoms with E-state index < -0.39 is 30.7 Å². The van der Waals surface area contributed by atoms with E-state index in [-0.39, 0.29) is 16.5 Å². The predicted octanol–water partition coefficient (Wildman–Crippen LogP) is 2.91. The first-order valence-corrected chi connectivity index (χ1v) is 12.1. The SMILES string of the molecule is O=C(NCC(F)(F)CN1CCOCC1)c1ccc(F)c(NCC2CN=C(Nc3ccccn3)S2)c1. The number of pyridine rings is 1. The third kappa shape index (κ3) is 7.58. The Bertz CT molecular complexity index is 1040. The van der Waals surface area contributed by atoms with Crippen LogP contribution in [0.25, 0.3) is 0 Å². The van der Waals surface area contributed by atoms with Crippen molar-refractivity contribution in [2.45, 2.75) is 11.2 Å². The van der Waals surface area contributed by atoms with E-state index in [1.807, 2.05) is 18.2 Å². The van der Waals surface area contributed by atoms with Crippen LogP contribution in [0.2, 0.25) is 0 Å². The fourth-order valence-corrected chi connectivity index (χ4v) is 4.56. The largest absolute Gasteiger partial charge is 0.381 e. The maximum atomic E-state index is 14.3. The number of amides is 1. The number of carbonyl (C=O) groups excluding carboxylic acids is 1. The highest BCUT2D eigenvalue weighted by atomic mass is 32.2. The lowest BCUT2D eigenvalue weighted by molar-refractivity contribution is -0.0543. The van der Waals surface area contributed by atoms with Gasteiger partial charge in [-0.1, -0.05) is 17.8 Å². The van der Waals surface area contributed by atoms with Crippen molar-refractivity contribution in [1.29, 1.82) is 0 Å². The quantitative estimate of drug-likeness (QED) is 0.480. The van der Waals surface area contributed by atoms with Crippen LogP contribution in [0.5, 0.6) is 0 Å². The molecule has 1 aromatic carbocycles. The van der Waals surface area contributed by atoms with Gasteiger partial charge in [0.15, 0.2) is 5.17 Å². The van der Waals surface area contributed by atoms with Gasteiger partial charge in [-0.3, -0.25) is 14.7 Å². The summed E-state index contributed by atoms with van der Waals surface area (Å²) in [4.78, 5) is 22.7. The van der Waals surface area contributed by atoms with Crippen molar-refractivity contribution in [3.05, 3.63) is 54.0 Å². The molecule has 4 rings (SSSR count). The van der Waals surface area contributed by atoms with Gasteiger partial charge in [0.05, 0.1) is 38.5 Å². The number of ether oxygens (including phenoxy) is 1. The van der Waals surface area contributed by atoms with Gasteiger partial charge >= 0.3 is 0 Å². The van der Waals surface area contributed by atoms with E-state index >= 15 is 0 Å². The Morgan fingerprint density at radius 2 is 2.06 bits per heavy atom. The second kappa shape index (κ2) is 11.7. The molecule has 35 heavy (non-hydrogen) atoms. The number of benzene rings is 1. The summed E-state index contributed by atoms with van der Waals surface area (Å²) >= 11 is 1.51. The van der Waals surface area contributed by atoms with Gasteiger partial charge in [-0.15, -0.1) is 0 Å². The first-order chi connectivity index (χ1) is 16.9. The van der Waals surface area contributed by atoms with Crippen LogP contribution in [0.4, 0.5) is 24.7 Å². The maximum Gasteiger partial charge on any atom is 0.277 e. The van der Waals surface area contributed by atoms with Crippen LogP contribution in [0.3, 0.4) is 0 Å². The molecule has 1 saturated heterocycles. The maximum absolute atomic E-state index is 14.3. The van der Waals surface area contributed by atoms with Gasteiger partial charge in [0.1, 0.15) is 11.6 Å². The van der Waals surface area contributed by atoms with E-state index in [1.165, 1.54) is 23.9 Å². The van der Waals surface area contributed by atoms with Crippen molar-refractivity contribution >= 4 is 34.3 Å². The van der Waals surface area contributed by atoms with Crippen LogP contribution in [-0.2, 0) is 4.74 Å². The third-order valence-electron chi connectivity index (χ3n) is 5.43. The first-order valence-electron chi connectivity index (χ1n) is 11.3. The standard InChI is InChI=1S/C23H27F3N6O2S/c24-18-5-4-16(21(33)30-14-23(25,26)15-32-7-9-34-10-8-32)11-19(18)28-12-17-13-29-22(35-17)31-20-3-1-2-6-27-20/h1-6,11,17,28H,7-10,12-15H2,(H,30,33)(H,27,29,31). The number of aliphatic imine (C=N–C) groups is 1. The Kier molecular flexibility index (Phi) is 8.47. The van der Waals surface area contributed by atoms with Gasteiger partial charge in [-0.2, -0.15) is 0 Å².